The van der Waals surface area contributed by atoms with Crippen molar-refractivity contribution in [3.63, 3.8) is 0 Å². The molecule has 1 aromatic heterocycles. The summed E-state index contributed by atoms with van der Waals surface area (Å²) in [6.07, 6.45) is 1.34. The Kier molecular flexibility index (Phi) is 4.27. The Bertz CT molecular complexity index is 922. The van der Waals surface area contributed by atoms with Gasteiger partial charge in [-0.2, -0.15) is 0 Å². The topological polar surface area (TPSA) is 71.1 Å². The summed E-state index contributed by atoms with van der Waals surface area (Å²) in [7, 11) is -2.07. The maximum absolute atomic E-state index is 11.6. The number of fused-ring (bicyclic) bond motifs is 1. The van der Waals surface area contributed by atoms with Gasteiger partial charge in [-0.25, -0.2) is 18.1 Å². The number of pyridine rings is 1. The average molecular weight is 327 g/mol. The van der Waals surface area contributed by atoms with Crippen LogP contribution in [0.4, 0.5) is 5.82 Å². The van der Waals surface area contributed by atoms with Crippen LogP contribution in [0.25, 0.3) is 10.8 Å². The van der Waals surface area contributed by atoms with Crippen molar-refractivity contribution in [1.29, 1.82) is 0 Å². The SMILES string of the molecule is CNS(=O)(=O)c1ccc(NCc2ccc3ccccc3c2)nc1. The van der Waals surface area contributed by atoms with Crippen LogP contribution in [0, 0.1) is 0 Å². The highest BCUT2D eigenvalue weighted by Crippen LogP contribution is 2.17. The molecular formula is C17H17N3O2S. The van der Waals surface area contributed by atoms with Gasteiger partial charge in [0, 0.05) is 12.7 Å². The van der Waals surface area contributed by atoms with Crippen molar-refractivity contribution >= 4 is 26.6 Å². The third kappa shape index (κ3) is 3.49. The van der Waals surface area contributed by atoms with Crippen molar-refractivity contribution in [2.24, 2.45) is 0 Å². The van der Waals surface area contributed by atoms with Gasteiger partial charge in [0.2, 0.25) is 10.0 Å². The molecule has 5 nitrogen and oxygen atoms in total. The predicted octanol–water partition coefficient (Wildman–Crippen LogP) is 2.76. The van der Waals surface area contributed by atoms with Crippen molar-refractivity contribution in [1.82, 2.24) is 9.71 Å². The number of aromatic nitrogens is 1. The second kappa shape index (κ2) is 6.36. The van der Waals surface area contributed by atoms with Crippen molar-refractivity contribution in [3.05, 3.63) is 66.4 Å². The van der Waals surface area contributed by atoms with Crippen LogP contribution in [-0.2, 0) is 16.6 Å². The van der Waals surface area contributed by atoms with Gasteiger partial charge in [-0.1, -0.05) is 36.4 Å². The minimum Gasteiger partial charge on any atom is -0.366 e. The second-order valence-corrected chi connectivity index (χ2v) is 7.01. The number of nitrogens with one attached hydrogen (secondary N) is 2. The number of nitrogens with zero attached hydrogens (tertiary/aromatic N) is 1. The van der Waals surface area contributed by atoms with E-state index >= 15 is 0 Å². The van der Waals surface area contributed by atoms with Gasteiger partial charge in [0.1, 0.15) is 10.7 Å². The minimum atomic E-state index is -3.45. The zero-order chi connectivity index (χ0) is 16.3. The third-order valence-corrected chi connectivity index (χ3v) is 5.00. The quantitative estimate of drug-likeness (QED) is 0.756. The molecule has 0 spiro atoms. The molecule has 0 unspecified atom stereocenters. The van der Waals surface area contributed by atoms with E-state index in [1.807, 2.05) is 12.1 Å². The molecule has 2 aromatic carbocycles. The van der Waals surface area contributed by atoms with E-state index in [1.165, 1.54) is 30.1 Å². The number of sulfonamides is 1. The van der Waals surface area contributed by atoms with Gasteiger partial charge in [-0.3, -0.25) is 0 Å². The summed E-state index contributed by atoms with van der Waals surface area (Å²) in [5, 5.41) is 5.59. The first-order valence-corrected chi connectivity index (χ1v) is 8.68. The number of hydrogen-bond donors (Lipinski definition) is 2. The standard InChI is InChI=1S/C17H17N3O2S/c1-18-23(21,22)16-8-9-17(20-12-16)19-11-13-6-7-14-4-2-3-5-15(14)10-13/h2-10,12,18H,11H2,1H3,(H,19,20). The summed E-state index contributed by atoms with van der Waals surface area (Å²) < 4.78 is 25.6. The highest BCUT2D eigenvalue weighted by atomic mass is 32.2. The predicted molar refractivity (Wildman–Crippen MR) is 91.8 cm³/mol. The zero-order valence-electron chi connectivity index (χ0n) is 12.7. The summed E-state index contributed by atoms with van der Waals surface area (Å²) in [6.45, 7) is 0.621. The highest BCUT2D eigenvalue weighted by molar-refractivity contribution is 7.89. The molecule has 3 aromatic rings. The van der Waals surface area contributed by atoms with E-state index in [2.05, 4.69) is 45.4 Å². The molecule has 0 bridgehead atoms. The molecule has 0 radical (unpaired) electrons. The van der Waals surface area contributed by atoms with Crippen LogP contribution in [0.5, 0.6) is 0 Å². The molecule has 0 amide bonds. The Morgan fingerprint density at radius 1 is 1.00 bits per heavy atom. The monoisotopic (exact) mass is 327 g/mol. The fourth-order valence-electron chi connectivity index (χ4n) is 2.30. The fraction of sp³-hybridized carbons (Fsp3) is 0.118. The first-order chi connectivity index (χ1) is 11.1. The van der Waals surface area contributed by atoms with E-state index < -0.39 is 10.0 Å². The molecule has 0 saturated carbocycles. The summed E-state index contributed by atoms with van der Waals surface area (Å²) in [4.78, 5) is 4.29. The Balaban J connectivity index is 1.72. The second-order valence-electron chi connectivity index (χ2n) is 5.12. The van der Waals surface area contributed by atoms with E-state index in [1.54, 1.807) is 6.07 Å². The lowest BCUT2D eigenvalue weighted by Crippen LogP contribution is -2.18. The van der Waals surface area contributed by atoms with Gasteiger partial charge >= 0.3 is 0 Å². The molecule has 0 saturated heterocycles. The van der Waals surface area contributed by atoms with Gasteiger partial charge < -0.3 is 5.32 Å². The van der Waals surface area contributed by atoms with E-state index in [0.29, 0.717) is 12.4 Å². The normalized spacial score (nSPS) is 11.5. The van der Waals surface area contributed by atoms with Crippen LogP contribution in [0.15, 0.2) is 65.7 Å². The van der Waals surface area contributed by atoms with E-state index in [0.717, 1.165) is 5.56 Å². The first-order valence-electron chi connectivity index (χ1n) is 7.20. The number of hydrogen-bond acceptors (Lipinski definition) is 4. The van der Waals surface area contributed by atoms with Crippen LogP contribution < -0.4 is 10.0 Å². The van der Waals surface area contributed by atoms with Gasteiger partial charge in [0.05, 0.1) is 0 Å². The number of rotatable bonds is 5. The third-order valence-electron chi connectivity index (χ3n) is 3.60. The van der Waals surface area contributed by atoms with E-state index in [-0.39, 0.29) is 4.90 Å². The molecular weight excluding hydrogens is 310 g/mol. The molecule has 6 heteroatoms. The summed E-state index contributed by atoms with van der Waals surface area (Å²) in [5.41, 5.74) is 1.14. The van der Waals surface area contributed by atoms with Gasteiger partial charge in [0.15, 0.2) is 0 Å². The molecule has 0 aliphatic rings. The van der Waals surface area contributed by atoms with Crippen LogP contribution in [-0.4, -0.2) is 20.4 Å². The smallest absolute Gasteiger partial charge is 0.241 e. The summed E-state index contributed by atoms with van der Waals surface area (Å²) in [5.74, 6) is 0.633. The Morgan fingerprint density at radius 3 is 2.48 bits per heavy atom. The molecule has 0 atom stereocenters. The lowest BCUT2D eigenvalue weighted by atomic mass is 10.1. The van der Waals surface area contributed by atoms with Crippen molar-refractivity contribution in [3.8, 4) is 0 Å². The summed E-state index contributed by atoms with van der Waals surface area (Å²) in [6, 6.07) is 17.7. The van der Waals surface area contributed by atoms with Gasteiger partial charge in [0.25, 0.3) is 0 Å². The van der Waals surface area contributed by atoms with Crippen LogP contribution >= 0.6 is 0 Å². The average Bonchev–Trinajstić information content (AvgIpc) is 2.60. The van der Waals surface area contributed by atoms with Crippen molar-refractivity contribution in [2.75, 3.05) is 12.4 Å². The largest absolute Gasteiger partial charge is 0.366 e. The fourth-order valence-corrected chi connectivity index (χ4v) is 2.98. The van der Waals surface area contributed by atoms with E-state index in [4.69, 9.17) is 0 Å². The lowest BCUT2D eigenvalue weighted by Gasteiger charge is -2.08. The molecule has 0 aliphatic heterocycles. The molecule has 0 fully saturated rings. The van der Waals surface area contributed by atoms with Crippen LogP contribution in [0.1, 0.15) is 5.56 Å². The van der Waals surface area contributed by atoms with Crippen LogP contribution in [0.3, 0.4) is 0 Å². The lowest BCUT2D eigenvalue weighted by molar-refractivity contribution is 0.588. The minimum absolute atomic E-state index is 0.149. The molecule has 118 valence electrons. The molecule has 2 N–H and O–H groups in total. The Morgan fingerprint density at radius 2 is 1.78 bits per heavy atom. The maximum Gasteiger partial charge on any atom is 0.241 e. The zero-order valence-corrected chi connectivity index (χ0v) is 13.5. The molecule has 23 heavy (non-hydrogen) atoms. The molecule has 3 rings (SSSR count). The van der Waals surface area contributed by atoms with Crippen LogP contribution in [0.2, 0.25) is 0 Å². The number of benzene rings is 2. The van der Waals surface area contributed by atoms with Crippen molar-refractivity contribution < 1.29 is 8.42 Å². The Labute approximate surface area is 135 Å². The maximum atomic E-state index is 11.6. The van der Waals surface area contributed by atoms with Gasteiger partial charge in [-0.15, -0.1) is 0 Å². The highest BCUT2D eigenvalue weighted by Gasteiger charge is 2.11. The van der Waals surface area contributed by atoms with E-state index in [9.17, 15) is 8.42 Å². The summed E-state index contributed by atoms with van der Waals surface area (Å²) >= 11 is 0. The number of anilines is 1. The van der Waals surface area contributed by atoms with Gasteiger partial charge in [-0.05, 0) is 41.6 Å². The molecule has 0 aliphatic carbocycles. The Hall–Kier alpha value is -2.44. The molecule has 1 heterocycles. The van der Waals surface area contributed by atoms with Crippen molar-refractivity contribution in [2.45, 2.75) is 11.4 Å². The first kappa shape index (κ1) is 15.5.